The van der Waals surface area contributed by atoms with Crippen LogP contribution >= 0.6 is 0 Å². The third-order valence-corrected chi connectivity index (χ3v) is 2.05. The average molecular weight is 246 g/mol. The van der Waals surface area contributed by atoms with Crippen LogP contribution in [0.4, 0.5) is 4.39 Å². The standard InChI is InChI=1S/C12H11FN4O/c13-11-2-1-8(6-15)5-10(11)12(18)17-9(7-16)3-4-14/h1-5,7H,14,16H2,(H,17,18)/b4-3-,9-7+. The first kappa shape index (κ1) is 13.3. The van der Waals surface area contributed by atoms with Gasteiger partial charge in [0.05, 0.1) is 22.9 Å². The van der Waals surface area contributed by atoms with E-state index in [9.17, 15) is 9.18 Å². The van der Waals surface area contributed by atoms with Crippen LogP contribution in [0.3, 0.4) is 0 Å². The summed E-state index contributed by atoms with van der Waals surface area (Å²) in [6.45, 7) is 0. The predicted molar refractivity (Wildman–Crippen MR) is 64.2 cm³/mol. The number of nitrogens with two attached hydrogens (primary N) is 2. The first-order valence-corrected chi connectivity index (χ1v) is 4.93. The van der Waals surface area contributed by atoms with E-state index in [0.29, 0.717) is 0 Å². The third kappa shape index (κ3) is 3.09. The molecule has 0 spiro atoms. The maximum Gasteiger partial charge on any atom is 0.258 e. The molecule has 0 saturated heterocycles. The molecule has 1 rings (SSSR count). The summed E-state index contributed by atoms with van der Waals surface area (Å²) >= 11 is 0. The quantitative estimate of drug-likeness (QED) is 0.682. The number of carbonyl (C=O) groups is 1. The fraction of sp³-hybridized carbons (Fsp3) is 0. The Morgan fingerprint density at radius 1 is 1.44 bits per heavy atom. The zero-order valence-corrected chi connectivity index (χ0v) is 9.35. The van der Waals surface area contributed by atoms with Crippen molar-refractivity contribution in [1.82, 2.24) is 5.32 Å². The SMILES string of the molecule is N#Cc1ccc(F)c(C(=O)NC(/C=C\N)=C/N)c1. The zero-order valence-electron chi connectivity index (χ0n) is 9.35. The highest BCUT2D eigenvalue weighted by Gasteiger charge is 2.12. The largest absolute Gasteiger partial charge is 0.405 e. The molecular formula is C12H11FN4O. The van der Waals surface area contributed by atoms with E-state index in [4.69, 9.17) is 16.7 Å². The van der Waals surface area contributed by atoms with Gasteiger partial charge in [-0.15, -0.1) is 0 Å². The van der Waals surface area contributed by atoms with Crippen molar-refractivity contribution in [2.24, 2.45) is 11.5 Å². The van der Waals surface area contributed by atoms with Crippen LogP contribution in [0, 0.1) is 17.1 Å². The Labute approximate surface area is 103 Å². The molecule has 1 aromatic rings. The molecule has 0 saturated carbocycles. The number of nitrogens with zero attached hydrogens (tertiary/aromatic N) is 1. The van der Waals surface area contributed by atoms with Crippen molar-refractivity contribution >= 4 is 5.91 Å². The van der Waals surface area contributed by atoms with Crippen LogP contribution in [-0.4, -0.2) is 5.91 Å². The Hall–Kier alpha value is -2.81. The van der Waals surface area contributed by atoms with Crippen molar-refractivity contribution in [1.29, 1.82) is 5.26 Å². The third-order valence-electron chi connectivity index (χ3n) is 2.05. The van der Waals surface area contributed by atoms with Crippen LogP contribution in [0.25, 0.3) is 0 Å². The molecular weight excluding hydrogens is 235 g/mol. The minimum Gasteiger partial charge on any atom is -0.405 e. The highest BCUT2D eigenvalue weighted by Crippen LogP contribution is 2.10. The van der Waals surface area contributed by atoms with E-state index < -0.39 is 11.7 Å². The van der Waals surface area contributed by atoms with Crippen LogP contribution in [0.2, 0.25) is 0 Å². The average Bonchev–Trinajstić information content (AvgIpc) is 2.38. The lowest BCUT2D eigenvalue weighted by Gasteiger charge is -2.06. The van der Waals surface area contributed by atoms with Gasteiger partial charge in [-0.3, -0.25) is 4.79 Å². The molecule has 0 unspecified atom stereocenters. The number of benzene rings is 1. The molecule has 0 bridgehead atoms. The van der Waals surface area contributed by atoms with Gasteiger partial charge in [-0.05, 0) is 30.5 Å². The molecule has 18 heavy (non-hydrogen) atoms. The molecule has 92 valence electrons. The maximum atomic E-state index is 13.4. The lowest BCUT2D eigenvalue weighted by atomic mass is 10.1. The number of halogens is 1. The van der Waals surface area contributed by atoms with Crippen LogP contribution in [0.15, 0.2) is 42.4 Å². The van der Waals surface area contributed by atoms with Gasteiger partial charge in [0, 0.05) is 6.20 Å². The molecule has 0 heterocycles. The Balaban J connectivity index is 3.01. The van der Waals surface area contributed by atoms with Gasteiger partial charge in [-0.2, -0.15) is 5.26 Å². The molecule has 0 aliphatic rings. The summed E-state index contributed by atoms with van der Waals surface area (Å²) in [5, 5.41) is 11.0. The van der Waals surface area contributed by atoms with E-state index in [-0.39, 0.29) is 16.8 Å². The summed E-state index contributed by atoms with van der Waals surface area (Å²) in [7, 11) is 0. The first-order valence-electron chi connectivity index (χ1n) is 4.93. The lowest BCUT2D eigenvalue weighted by Crippen LogP contribution is -2.24. The van der Waals surface area contributed by atoms with Crippen LogP contribution < -0.4 is 16.8 Å². The fourth-order valence-electron chi connectivity index (χ4n) is 1.21. The fourth-order valence-corrected chi connectivity index (χ4v) is 1.21. The molecule has 0 aliphatic carbocycles. The van der Waals surface area contributed by atoms with Crippen molar-refractivity contribution in [2.75, 3.05) is 0 Å². The second kappa shape index (κ2) is 6.06. The van der Waals surface area contributed by atoms with Gasteiger partial charge < -0.3 is 16.8 Å². The first-order chi connectivity index (χ1) is 8.62. The molecule has 5 N–H and O–H groups in total. The molecule has 0 fully saturated rings. The minimum atomic E-state index is -0.723. The predicted octanol–water partition coefficient (Wildman–Crippen LogP) is 0.700. The second-order valence-electron chi connectivity index (χ2n) is 3.24. The van der Waals surface area contributed by atoms with Gasteiger partial charge in [-0.25, -0.2) is 4.39 Å². The van der Waals surface area contributed by atoms with E-state index >= 15 is 0 Å². The smallest absolute Gasteiger partial charge is 0.258 e. The van der Waals surface area contributed by atoms with E-state index in [1.807, 2.05) is 6.07 Å². The molecule has 5 nitrogen and oxygen atoms in total. The van der Waals surface area contributed by atoms with Crippen LogP contribution in [-0.2, 0) is 0 Å². The summed E-state index contributed by atoms with van der Waals surface area (Å²) in [4.78, 5) is 11.7. The highest BCUT2D eigenvalue weighted by atomic mass is 19.1. The Kier molecular flexibility index (Phi) is 4.46. The molecule has 0 atom stereocenters. The van der Waals surface area contributed by atoms with Crippen molar-refractivity contribution in [3.8, 4) is 6.07 Å². The number of carbonyl (C=O) groups excluding carboxylic acids is 1. The molecule has 0 aliphatic heterocycles. The Morgan fingerprint density at radius 2 is 2.17 bits per heavy atom. The zero-order chi connectivity index (χ0) is 13.5. The number of hydrogen-bond acceptors (Lipinski definition) is 4. The van der Waals surface area contributed by atoms with E-state index in [0.717, 1.165) is 18.3 Å². The van der Waals surface area contributed by atoms with Gasteiger partial charge in [0.25, 0.3) is 5.91 Å². The lowest BCUT2D eigenvalue weighted by molar-refractivity contribution is 0.0963. The van der Waals surface area contributed by atoms with Gasteiger partial charge in [0.2, 0.25) is 0 Å². The molecule has 6 heteroatoms. The summed E-state index contributed by atoms with van der Waals surface area (Å²) in [6, 6.07) is 5.32. The van der Waals surface area contributed by atoms with Crippen molar-refractivity contribution in [3.05, 3.63) is 59.3 Å². The number of amides is 1. The van der Waals surface area contributed by atoms with E-state index in [1.165, 1.54) is 18.3 Å². The van der Waals surface area contributed by atoms with Gasteiger partial charge in [-0.1, -0.05) is 0 Å². The van der Waals surface area contributed by atoms with Crippen molar-refractivity contribution in [2.45, 2.75) is 0 Å². The van der Waals surface area contributed by atoms with Gasteiger partial charge in [0.15, 0.2) is 0 Å². The topological polar surface area (TPSA) is 105 Å². The summed E-state index contributed by atoms with van der Waals surface area (Å²) in [5.41, 5.74) is 10.6. The number of hydrogen-bond donors (Lipinski definition) is 3. The highest BCUT2D eigenvalue weighted by molar-refractivity contribution is 5.96. The minimum absolute atomic E-state index is 0.189. The van der Waals surface area contributed by atoms with Crippen molar-refractivity contribution < 1.29 is 9.18 Å². The Bertz CT molecular complexity index is 558. The summed E-state index contributed by atoms with van der Waals surface area (Å²) in [6.07, 6.45) is 3.65. The number of nitrogens with one attached hydrogen (secondary N) is 1. The summed E-state index contributed by atoms with van der Waals surface area (Å²) in [5.74, 6) is -1.43. The van der Waals surface area contributed by atoms with Crippen LogP contribution in [0.5, 0.6) is 0 Å². The van der Waals surface area contributed by atoms with Gasteiger partial charge >= 0.3 is 0 Å². The number of allylic oxidation sites excluding steroid dienone is 1. The molecule has 1 aromatic carbocycles. The second-order valence-corrected chi connectivity index (χ2v) is 3.24. The molecule has 0 aromatic heterocycles. The molecule has 0 radical (unpaired) electrons. The monoisotopic (exact) mass is 246 g/mol. The number of nitriles is 1. The normalized spacial score (nSPS) is 11.2. The summed E-state index contributed by atoms with van der Waals surface area (Å²) < 4.78 is 13.4. The number of rotatable bonds is 3. The Morgan fingerprint density at radius 3 is 2.72 bits per heavy atom. The van der Waals surface area contributed by atoms with Gasteiger partial charge in [0.1, 0.15) is 5.82 Å². The van der Waals surface area contributed by atoms with Crippen molar-refractivity contribution in [3.63, 3.8) is 0 Å². The molecule has 1 amide bonds. The van der Waals surface area contributed by atoms with Crippen LogP contribution in [0.1, 0.15) is 15.9 Å². The maximum absolute atomic E-state index is 13.4. The van der Waals surface area contributed by atoms with E-state index in [1.54, 1.807) is 0 Å². The van der Waals surface area contributed by atoms with E-state index in [2.05, 4.69) is 5.32 Å².